The summed E-state index contributed by atoms with van der Waals surface area (Å²) in [5.74, 6) is 0.431. The molecule has 88 valence electrons. The van der Waals surface area contributed by atoms with Crippen molar-refractivity contribution in [2.24, 2.45) is 5.92 Å². The summed E-state index contributed by atoms with van der Waals surface area (Å²) in [5, 5.41) is 2.85. The summed E-state index contributed by atoms with van der Waals surface area (Å²) >= 11 is 0. The zero-order valence-electron chi connectivity index (χ0n) is 9.84. The van der Waals surface area contributed by atoms with E-state index in [1.165, 1.54) is 0 Å². The van der Waals surface area contributed by atoms with Gasteiger partial charge in [-0.25, -0.2) is 0 Å². The highest BCUT2D eigenvalue weighted by Gasteiger charge is 2.17. The maximum Gasteiger partial charge on any atom is 0.246 e. The molecular formula is C11H21NO3. The van der Waals surface area contributed by atoms with Gasteiger partial charge < -0.3 is 14.8 Å². The van der Waals surface area contributed by atoms with E-state index in [0.717, 1.165) is 19.6 Å². The number of rotatable bonds is 4. The van der Waals surface area contributed by atoms with E-state index in [1.54, 1.807) is 0 Å². The first-order valence-corrected chi connectivity index (χ1v) is 5.46. The Hall–Kier alpha value is -0.610. The molecule has 0 aliphatic carbocycles. The van der Waals surface area contributed by atoms with Gasteiger partial charge in [-0.2, -0.15) is 0 Å². The average Bonchev–Trinajstić information content (AvgIpc) is 2.62. The van der Waals surface area contributed by atoms with E-state index in [9.17, 15) is 4.79 Å². The summed E-state index contributed by atoms with van der Waals surface area (Å²) in [6.07, 6.45) is 1.04. The van der Waals surface area contributed by atoms with E-state index in [-0.39, 0.29) is 18.1 Å². The second-order valence-electron chi connectivity index (χ2n) is 4.93. The van der Waals surface area contributed by atoms with Gasteiger partial charge in [0.25, 0.3) is 0 Å². The molecule has 1 saturated heterocycles. The van der Waals surface area contributed by atoms with Gasteiger partial charge >= 0.3 is 0 Å². The maximum atomic E-state index is 11.4. The Kier molecular flexibility index (Phi) is 4.54. The zero-order chi connectivity index (χ0) is 11.3. The molecular weight excluding hydrogens is 194 g/mol. The number of ether oxygens (including phenoxy) is 2. The first-order chi connectivity index (χ1) is 6.97. The zero-order valence-corrected chi connectivity index (χ0v) is 9.84. The van der Waals surface area contributed by atoms with Gasteiger partial charge in [0.1, 0.15) is 6.61 Å². The van der Waals surface area contributed by atoms with Gasteiger partial charge in [-0.05, 0) is 27.2 Å². The Morgan fingerprint density at radius 3 is 2.80 bits per heavy atom. The van der Waals surface area contributed by atoms with Crippen LogP contribution in [0, 0.1) is 5.92 Å². The topological polar surface area (TPSA) is 47.6 Å². The van der Waals surface area contributed by atoms with Gasteiger partial charge in [0.2, 0.25) is 5.91 Å². The number of nitrogens with one attached hydrogen (secondary N) is 1. The lowest BCUT2D eigenvalue weighted by molar-refractivity contribution is -0.130. The third-order valence-corrected chi connectivity index (χ3v) is 2.25. The van der Waals surface area contributed by atoms with Crippen molar-refractivity contribution in [3.63, 3.8) is 0 Å². The number of carbonyl (C=O) groups is 1. The Morgan fingerprint density at radius 1 is 1.53 bits per heavy atom. The Labute approximate surface area is 91.3 Å². The molecule has 0 aromatic heterocycles. The highest BCUT2D eigenvalue weighted by molar-refractivity contribution is 5.77. The fraction of sp³-hybridized carbons (Fsp3) is 0.909. The largest absolute Gasteiger partial charge is 0.381 e. The third kappa shape index (κ3) is 5.74. The number of amides is 1. The minimum Gasteiger partial charge on any atom is -0.381 e. The highest BCUT2D eigenvalue weighted by atomic mass is 16.5. The highest BCUT2D eigenvalue weighted by Crippen LogP contribution is 2.10. The number of hydrogen-bond donors (Lipinski definition) is 1. The van der Waals surface area contributed by atoms with Gasteiger partial charge in [0.15, 0.2) is 0 Å². The summed E-state index contributed by atoms with van der Waals surface area (Å²) in [4.78, 5) is 11.4. The standard InChI is InChI=1S/C11H21NO3/c1-11(2,3)15-8-10(13)12-6-9-4-5-14-7-9/h9H,4-8H2,1-3H3,(H,12,13). The lowest BCUT2D eigenvalue weighted by Gasteiger charge is -2.19. The summed E-state index contributed by atoms with van der Waals surface area (Å²) in [7, 11) is 0. The SMILES string of the molecule is CC(C)(C)OCC(=O)NCC1CCOC1. The monoisotopic (exact) mass is 215 g/mol. The van der Waals surface area contributed by atoms with Crippen molar-refractivity contribution in [1.29, 1.82) is 0 Å². The molecule has 1 rings (SSSR count). The molecule has 0 aromatic carbocycles. The smallest absolute Gasteiger partial charge is 0.246 e. The molecule has 0 saturated carbocycles. The van der Waals surface area contributed by atoms with Crippen molar-refractivity contribution >= 4 is 5.91 Å². The molecule has 1 aliphatic rings. The predicted octanol–water partition coefficient (Wildman–Crippen LogP) is 0.954. The second kappa shape index (κ2) is 5.47. The molecule has 1 amide bonds. The fourth-order valence-corrected chi connectivity index (χ4v) is 1.34. The van der Waals surface area contributed by atoms with Crippen LogP contribution in [0.15, 0.2) is 0 Å². The van der Waals surface area contributed by atoms with E-state index in [1.807, 2.05) is 20.8 Å². The van der Waals surface area contributed by atoms with Crippen molar-refractivity contribution in [3.8, 4) is 0 Å². The first kappa shape index (κ1) is 12.5. The van der Waals surface area contributed by atoms with Gasteiger partial charge in [-0.3, -0.25) is 4.79 Å². The van der Waals surface area contributed by atoms with Gasteiger partial charge in [0.05, 0.1) is 12.2 Å². The van der Waals surface area contributed by atoms with Crippen LogP contribution in [-0.4, -0.2) is 37.9 Å². The maximum absolute atomic E-state index is 11.4. The average molecular weight is 215 g/mol. The molecule has 0 bridgehead atoms. The predicted molar refractivity (Wildman–Crippen MR) is 57.6 cm³/mol. The molecule has 1 N–H and O–H groups in total. The fourth-order valence-electron chi connectivity index (χ4n) is 1.34. The first-order valence-electron chi connectivity index (χ1n) is 5.46. The number of carbonyl (C=O) groups excluding carboxylic acids is 1. The third-order valence-electron chi connectivity index (χ3n) is 2.25. The van der Waals surface area contributed by atoms with E-state index in [0.29, 0.717) is 12.5 Å². The molecule has 1 unspecified atom stereocenters. The molecule has 1 fully saturated rings. The van der Waals surface area contributed by atoms with Crippen LogP contribution in [0.4, 0.5) is 0 Å². The van der Waals surface area contributed by atoms with Gasteiger partial charge in [0, 0.05) is 19.1 Å². The molecule has 1 atom stereocenters. The van der Waals surface area contributed by atoms with Crippen molar-refractivity contribution < 1.29 is 14.3 Å². The lowest BCUT2D eigenvalue weighted by atomic mass is 10.1. The minimum atomic E-state index is -0.256. The van der Waals surface area contributed by atoms with Crippen LogP contribution in [-0.2, 0) is 14.3 Å². The molecule has 1 aliphatic heterocycles. The molecule has 4 heteroatoms. The van der Waals surface area contributed by atoms with Crippen LogP contribution in [0.5, 0.6) is 0 Å². The van der Waals surface area contributed by atoms with Crippen LogP contribution in [0.3, 0.4) is 0 Å². The van der Waals surface area contributed by atoms with Crippen molar-refractivity contribution in [1.82, 2.24) is 5.32 Å². The summed E-state index contributed by atoms with van der Waals surface area (Å²) in [6, 6.07) is 0. The summed E-state index contributed by atoms with van der Waals surface area (Å²) in [5.41, 5.74) is -0.256. The van der Waals surface area contributed by atoms with Crippen LogP contribution in [0.1, 0.15) is 27.2 Å². The molecule has 0 radical (unpaired) electrons. The molecule has 1 heterocycles. The molecule has 4 nitrogen and oxygen atoms in total. The minimum absolute atomic E-state index is 0.0446. The van der Waals surface area contributed by atoms with E-state index >= 15 is 0 Å². The quantitative estimate of drug-likeness (QED) is 0.759. The number of hydrogen-bond acceptors (Lipinski definition) is 3. The van der Waals surface area contributed by atoms with E-state index < -0.39 is 0 Å². The van der Waals surface area contributed by atoms with Crippen LogP contribution in [0.25, 0.3) is 0 Å². The second-order valence-corrected chi connectivity index (χ2v) is 4.93. The van der Waals surface area contributed by atoms with Crippen LogP contribution < -0.4 is 5.32 Å². The van der Waals surface area contributed by atoms with E-state index in [4.69, 9.17) is 9.47 Å². The molecule has 0 spiro atoms. The Bertz CT molecular complexity index is 204. The normalized spacial score (nSPS) is 21.7. The van der Waals surface area contributed by atoms with Crippen molar-refractivity contribution in [2.45, 2.75) is 32.8 Å². The van der Waals surface area contributed by atoms with Crippen molar-refractivity contribution in [3.05, 3.63) is 0 Å². The van der Waals surface area contributed by atoms with E-state index in [2.05, 4.69) is 5.32 Å². The Balaban J connectivity index is 2.08. The lowest BCUT2D eigenvalue weighted by Crippen LogP contribution is -2.35. The van der Waals surface area contributed by atoms with Crippen LogP contribution in [0.2, 0.25) is 0 Å². The molecule has 15 heavy (non-hydrogen) atoms. The summed E-state index contributed by atoms with van der Waals surface area (Å²) in [6.45, 7) is 8.23. The van der Waals surface area contributed by atoms with Crippen molar-refractivity contribution in [2.75, 3.05) is 26.4 Å². The Morgan fingerprint density at radius 2 is 2.27 bits per heavy atom. The summed E-state index contributed by atoms with van der Waals surface area (Å²) < 4.78 is 10.6. The van der Waals surface area contributed by atoms with Gasteiger partial charge in [-0.15, -0.1) is 0 Å². The van der Waals surface area contributed by atoms with Gasteiger partial charge in [-0.1, -0.05) is 0 Å². The van der Waals surface area contributed by atoms with Crippen LogP contribution >= 0.6 is 0 Å². The molecule has 0 aromatic rings.